The number of likely N-dealkylation sites (N-methyl/N-ethyl adjacent to an activating group) is 1. The van der Waals surface area contributed by atoms with Crippen molar-refractivity contribution >= 4 is 17.0 Å². The monoisotopic (exact) mass is 280 g/mol. The molecule has 1 aromatic heterocycles. The highest BCUT2D eigenvalue weighted by molar-refractivity contribution is 5.79. The van der Waals surface area contributed by atoms with Crippen LogP contribution in [-0.4, -0.2) is 33.6 Å². The van der Waals surface area contributed by atoms with Gasteiger partial charge < -0.3 is 10.3 Å². The third-order valence-corrected chi connectivity index (χ3v) is 4.10. The second-order valence-electron chi connectivity index (χ2n) is 5.26. The molecule has 1 atom stereocenters. The summed E-state index contributed by atoms with van der Waals surface area (Å²) in [6.07, 6.45) is 2.22. The van der Waals surface area contributed by atoms with E-state index in [1.807, 2.05) is 0 Å². The first-order valence-corrected chi connectivity index (χ1v) is 6.95. The van der Waals surface area contributed by atoms with Crippen LogP contribution in [0.5, 0.6) is 0 Å². The molecule has 0 saturated carbocycles. The summed E-state index contributed by atoms with van der Waals surface area (Å²) < 4.78 is 28.8. The lowest BCUT2D eigenvalue weighted by molar-refractivity contribution is 0.246. The maximum Gasteiger partial charge on any atom is 0.201 e. The second kappa shape index (κ2) is 5.01. The molecule has 2 heterocycles. The van der Waals surface area contributed by atoms with Crippen molar-refractivity contribution in [1.29, 1.82) is 0 Å². The Balaban J connectivity index is 2.01. The van der Waals surface area contributed by atoms with E-state index in [1.54, 1.807) is 4.57 Å². The molecule has 4 nitrogen and oxygen atoms in total. The van der Waals surface area contributed by atoms with Crippen molar-refractivity contribution in [2.45, 2.75) is 32.4 Å². The fraction of sp³-hybridized carbons (Fsp3) is 0.500. The molecular formula is C14H18F2N4. The highest BCUT2D eigenvalue weighted by Gasteiger charge is 2.25. The molecule has 1 aliphatic rings. The molecule has 1 aromatic carbocycles. The Bertz CT molecular complexity index is 638. The zero-order valence-electron chi connectivity index (χ0n) is 11.4. The molecule has 0 bridgehead atoms. The average Bonchev–Trinajstić information content (AvgIpc) is 2.97. The lowest BCUT2D eigenvalue weighted by Crippen LogP contribution is -2.33. The number of fused-ring (bicyclic) bond motifs is 1. The topological polar surface area (TPSA) is 47.1 Å². The predicted molar refractivity (Wildman–Crippen MR) is 74.3 cm³/mol. The first-order chi connectivity index (χ1) is 9.60. The summed E-state index contributed by atoms with van der Waals surface area (Å²) in [5.74, 6) is -1.02. The third-order valence-electron chi connectivity index (χ3n) is 4.10. The summed E-state index contributed by atoms with van der Waals surface area (Å²) >= 11 is 0. The van der Waals surface area contributed by atoms with Crippen molar-refractivity contribution in [2.75, 3.05) is 18.8 Å². The van der Waals surface area contributed by atoms with Gasteiger partial charge in [-0.15, -0.1) is 0 Å². The molecule has 2 N–H and O–H groups in total. The molecule has 1 unspecified atom stereocenters. The first-order valence-electron chi connectivity index (χ1n) is 6.95. The lowest BCUT2D eigenvalue weighted by atomic mass is 10.2. The second-order valence-corrected chi connectivity index (χ2v) is 5.26. The molecule has 0 amide bonds. The summed E-state index contributed by atoms with van der Waals surface area (Å²) in [7, 11) is 0. The van der Waals surface area contributed by atoms with Crippen LogP contribution in [-0.2, 0) is 6.54 Å². The molecule has 20 heavy (non-hydrogen) atoms. The number of anilines is 1. The van der Waals surface area contributed by atoms with Crippen molar-refractivity contribution in [3.05, 3.63) is 23.8 Å². The highest BCUT2D eigenvalue weighted by atomic mass is 19.1. The number of hydrogen-bond donors (Lipinski definition) is 1. The van der Waals surface area contributed by atoms with Crippen LogP contribution >= 0.6 is 0 Å². The Hall–Kier alpha value is -1.69. The van der Waals surface area contributed by atoms with Gasteiger partial charge in [-0.25, -0.2) is 13.8 Å². The van der Waals surface area contributed by atoms with Gasteiger partial charge in [0.25, 0.3) is 0 Å². The Kier molecular flexibility index (Phi) is 3.33. The zero-order chi connectivity index (χ0) is 14.3. The van der Waals surface area contributed by atoms with E-state index in [1.165, 1.54) is 6.07 Å². The van der Waals surface area contributed by atoms with E-state index in [0.29, 0.717) is 18.1 Å². The van der Waals surface area contributed by atoms with Crippen molar-refractivity contribution < 1.29 is 8.78 Å². The zero-order valence-corrected chi connectivity index (χ0v) is 11.4. The smallest absolute Gasteiger partial charge is 0.201 e. The normalized spacial score (nSPS) is 20.1. The number of nitrogens with two attached hydrogens (primary N) is 1. The van der Waals surface area contributed by atoms with Gasteiger partial charge in [-0.3, -0.25) is 4.90 Å². The van der Waals surface area contributed by atoms with Crippen molar-refractivity contribution in [1.82, 2.24) is 14.5 Å². The van der Waals surface area contributed by atoms with Crippen LogP contribution in [0.1, 0.15) is 19.8 Å². The standard InChI is InChI=1S/C14H18F2N4/c1-2-19-5-3-4-10(19)8-20-12-7-9(15)6-11(16)13(12)18-14(20)17/h6-7,10H,2-5,8H2,1H3,(H2,17,18). The number of hydrogen-bond acceptors (Lipinski definition) is 3. The van der Waals surface area contributed by atoms with E-state index in [0.717, 1.165) is 32.0 Å². The Morgan fingerprint density at radius 3 is 2.95 bits per heavy atom. The number of nitrogens with zero attached hydrogens (tertiary/aromatic N) is 3. The number of imidazole rings is 1. The largest absolute Gasteiger partial charge is 0.369 e. The van der Waals surface area contributed by atoms with Gasteiger partial charge >= 0.3 is 0 Å². The van der Waals surface area contributed by atoms with Crippen molar-refractivity contribution in [3.8, 4) is 0 Å². The van der Waals surface area contributed by atoms with Crippen LogP contribution in [0.25, 0.3) is 11.0 Å². The van der Waals surface area contributed by atoms with Crippen LogP contribution in [0.15, 0.2) is 12.1 Å². The van der Waals surface area contributed by atoms with Gasteiger partial charge in [0.1, 0.15) is 11.3 Å². The minimum absolute atomic E-state index is 0.143. The molecular weight excluding hydrogens is 262 g/mol. The van der Waals surface area contributed by atoms with Crippen LogP contribution in [0.3, 0.4) is 0 Å². The van der Waals surface area contributed by atoms with E-state index in [2.05, 4.69) is 16.8 Å². The molecule has 2 aromatic rings. The van der Waals surface area contributed by atoms with Gasteiger partial charge in [-0.2, -0.15) is 0 Å². The molecule has 0 spiro atoms. The molecule has 1 aliphatic heterocycles. The molecule has 0 radical (unpaired) electrons. The molecule has 108 valence electrons. The predicted octanol–water partition coefficient (Wildman–Crippen LogP) is 2.38. The summed E-state index contributed by atoms with van der Waals surface area (Å²) in [6, 6.07) is 2.49. The molecule has 1 fully saturated rings. The van der Waals surface area contributed by atoms with Gasteiger partial charge in [0.05, 0.1) is 5.52 Å². The maximum absolute atomic E-state index is 13.7. The molecule has 0 aliphatic carbocycles. The Morgan fingerprint density at radius 2 is 2.20 bits per heavy atom. The maximum atomic E-state index is 13.7. The number of benzene rings is 1. The number of rotatable bonds is 3. The average molecular weight is 280 g/mol. The van der Waals surface area contributed by atoms with E-state index in [-0.39, 0.29) is 11.5 Å². The summed E-state index contributed by atoms with van der Waals surface area (Å²) in [6.45, 7) is 4.78. The van der Waals surface area contributed by atoms with E-state index < -0.39 is 11.6 Å². The van der Waals surface area contributed by atoms with Gasteiger partial charge in [-0.05, 0) is 25.9 Å². The van der Waals surface area contributed by atoms with Crippen molar-refractivity contribution in [3.63, 3.8) is 0 Å². The Morgan fingerprint density at radius 1 is 1.40 bits per heavy atom. The van der Waals surface area contributed by atoms with E-state index >= 15 is 0 Å². The summed E-state index contributed by atoms with van der Waals surface area (Å²) in [5.41, 5.74) is 6.46. The van der Waals surface area contributed by atoms with Gasteiger partial charge in [0.15, 0.2) is 5.82 Å². The van der Waals surface area contributed by atoms with Gasteiger partial charge in [-0.1, -0.05) is 6.92 Å². The fourth-order valence-electron chi connectivity index (χ4n) is 3.09. The quantitative estimate of drug-likeness (QED) is 0.939. The summed E-state index contributed by atoms with van der Waals surface area (Å²) in [5, 5.41) is 0. The van der Waals surface area contributed by atoms with Crippen LogP contribution < -0.4 is 5.73 Å². The lowest BCUT2D eigenvalue weighted by Gasteiger charge is -2.23. The number of aromatic nitrogens is 2. The SMILES string of the molecule is CCN1CCCC1Cn1c(N)nc2c(F)cc(F)cc21. The van der Waals surface area contributed by atoms with Gasteiger partial charge in [0.2, 0.25) is 5.95 Å². The van der Waals surface area contributed by atoms with E-state index in [9.17, 15) is 8.78 Å². The minimum Gasteiger partial charge on any atom is -0.369 e. The number of likely N-dealkylation sites (tertiary alicyclic amines) is 1. The van der Waals surface area contributed by atoms with Crippen LogP contribution in [0.2, 0.25) is 0 Å². The van der Waals surface area contributed by atoms with Crippen LogP contribution in [0, 0.1) is 11.6 Å². The van der Waals surface area contributed by atoms with Crippen molar-refractivity contribution in [2.24, 2.45) is 0 Å². The summed E-state index contributed by atoms with van der Waals surface area (Å²) in [4.78, 5) is 6.39. The van der Waals surface area contributed by atoms with Gasteiger partial charge in [0, 0.05) is 24.7 Å². The molecule has 6 heteroatoms. The van der Waals surface area contributed by atoms with Crippen LogP contribution in [0.4, 0.5) is 14.7 Å². The van der Waals surface area contributed by atoms with E-state index in [4.69, 9.17) is 5.73 Å². The minimum atomic E-state index is -0.663. The first kappa shape index (κ1) is 13.3. The molecule has 1 saturated heterocycles. The third kappa shape index (κ3) is 2.14. The molecule has 3 rings (SSSR count). The Labute approximate surface area is 116 Å². The number of halogens is 2. The highest BCUT2D eigenvalue weighted by Crippen LogP contribution is 2.25. The number of nitrogen functional groups attached to an aromatic ring is 1. The fourth-order valence-corrected chi connectivity index (χ4v) is 3.09.